The summed E-state index contributed by atoms with van der Waals surface area (Å²) in [5, 5.41) is 5.99. The molecule has 0 spiro atoms. The van der Waals surface area contributed by atoms with Gasteiger partial charge in [0.25, 0.3) is 0 Å². The van der Waals surface area contributed by atoms with Gasteiger partial charge in [-0.25, -0.2) is 0 Å². The van der Waals surface area contributed by atoms with Crippen LogP contribution in [-0.4, -0.2) is 38.3 Å². The van der Waals surface area contributed by atoms with Gasteiger partial charge in [-0.3, -0.25) is 4.79 Å². The van der Waals surface area contributed by atoms with Crippen LogP contribution < -0.4 is 10.6 Å². The molecule has 0 atom stereocenters. The second-order valence-electron chi connectivity index (χ2n) is 4.48. The minimum atomic E-state index is -0.307. The summed E-state index contributed by atoms with van der Waals surface area (Å²) >= 11 is 0. The van der Waals surface area contributed by atoms with Gasteiger partial charge >= 0.3 is 0 Å². The molecule has 1 aliphatic rings. The van der Waals surface area contributed by atoms with Gasteiger partial charge < -0.3 is 15.4 Å². The molecule has 0 aromatic heterocycles. The summed E-state index contributed by atoms with van der Waals surface area (Å²) < 4.78 is 5.23. The fourth-order valence-corrected chi connectivity index (χ4v) is 1.17. The Morgan fingerprint density at radius 2 is 2.13 bits per heavy atom. The van der Waals surface area contributed by atoms with E-state index in [2.05, 4.69) is 10.6 Å². The van der Waals surface area contributed by atoms with E-state index < -0.39 is 0 Å². The summed E-state index contributed by atoms with van der Waals surface area (Å²) in [6, 6.07) is 0. The van der Waals surface area contributed by atoms with Crippen molar-refractivity contribution in [1.82, 2.24) is 10.6 Å². The predicted octanol–water partition coefficient (Wildman–Crippen LogP) is 0.447. The number of hydrogen-bond donors (Lipinski definition) is 2. The summed E-state index contributed by atoms with van der Waals surface area (Å²) in [5.74, 6) is 0.0108. The van der Waals surface area contributed by atoms with Crippen LogP contribution in [0.25, 0.3) is 0 Å². The molecule has 1 aliphatic heterocycles. The van der Waals surface area contributed by atoms with Crippen molar-refractivity contribution in [2.24, 2.45) is 0 Å². The maximum Gasteiger partial charge on any atom is 0.247 e. The Morgan fingerprint density at radius 1 is 1.53 bits per heavy atom. The Bertz CT molecular complexity index is 276. The third kappa shape index (κ3) is 3.32. The molecule has 0 unspecified atom stereocenters. The Balaban J connectivity index is 2.43. The number of methoxy groups -OCH3 is 1. The average molecular weight is 212 g/mol. The van der Waals surface area contributed by atoms with Gasteiger partial charge in [0.1, 0.15) is 0 Å². The summed E-state index contributed by atoms with van der Waals surface area (Å²) in [7, 11) is 1.65. The van der Waals surface area contributed by atoms with Crippen LogP contribution in [0, 0.1) is 0 Å². The lowest BCUT2D eigenvalue weighted by atomic mass is 10.0. The third-order valence-corrected chi connectivity index (χ3v) is 2.77. The van der Waals surface area contributed by atoms with Crippen LogP contribution in [0.4, 0.5) is 0 Å². The van der Waals surface area contributed by atoms with Gasteiger partial charge in [-0.15, -0.1) is 0 Å². The van der Waals surface area contributed by atoms with E-state index in [1.165, 1.54) is 5.57 Å². The standard InChI is InChI=1S/C11H20N2O2/c1-8(9-5-12-6-9)10(14)13-7-11(2,3)15-4/h12H,5-7H2,1-4H3,(H,13,14). The lowest BCUT2D eigenvalue weighted by Crippen LogP contribution is -2.42. The molecule has 0 aromatic carbocycles. The Morgan fingerprint density at radius 3 is 2.53 bits per heavy atom. The zero-order chi connectivity index (χ0) is 11.5. The molecule has 1 saturated heterocycles. The summed E-state index contributed by atoms with van der Waals surface area (Å²) in [5.41, 5.74) is 1.72. The molecule has 4 nitrogen and oxygen atoms in total. The van der Waals surface area contributed by atoms with Crippen molar-refractivity contribution >= 4 is 5.91 Å². The number of hydrogen-bond acceptors (Lipinski definition) is 3. The highest BCUT2D eigenvalue weighted by atomic mass is 16.5. The fraction of sp³-hybridized carbons (Fsp3) is 0.727. The number of carbonyl (C=O) groups excluding carboxylic acids is 1. The number of ether oxygens (including phenoxy) is 1. The molecule has 0 radical (unpaired) electrons. The van der Waals surface area contributed by atoms with Crippen LogP contribution >= 0.6 is 0 Å². The van der Waals surface area contributed by atoms with E-state index in [0.717, 1.165) is 18.7 Å². The molecule has 1 heterocycles. The van der Waals surface area contributed by atoms with Gasteiger partial charge in [-0.05, 0) is 26.3 Å². The van der Waals surface area contributed by atoms with E-state index in [9.17, 15) is 4.79 Å². The van der Waals surface area contributed by atoms with E-state index in [0.29, 0.717) is 6.54 Å². The van der Waals surface area contributed by atoms with Crippen molar-refractivity contribution in [2.75, 3.05) is 26.7 Å². The average Bonchev–Trinajstić information content (AvgIpc) is 2.11. The van der Waals surface area contributed by atoms with Gasteiger partial charge in [-0.1, -0.05) is 0 Å². The van der Waals surface area contributed by atoms with Crippen molar-refractivity contribution in [1.29, 1.82) is 0 Å². The fourth-order valence-electron chi connectivity index (χ4n) is 1.17. The van der Waals surface area contributed by atoms with Gasteiger partial charge in [0.05, 0.1) is 5.60 Å². The second kappa shape index (κ2) is 4.77. The molecule has 0 saturated carbocycles. The maximum absolute atomic E-state index is 11.7. The molecule has 1 amide bonds. The largest absolute Gasteiger partial charge is 0.377 e. The third-order valence-electron chi connectivity index (χ3n) is 2.77. The van der Waals surface area contributed by atoms with Crippen molar-refractivity contribution in [3.63, 3.8) is 0 Å². The van der Waals surface area contributed by atoms with Crippen molar-refractivity contribution < 1.29 is 9.53 Å². The summed E-state index contributed by atoms with van der Waals surface area (Å²) in [6.45, 7) is 7.97. The highest BCUT2D eigenvalue weighted by Gasteiger charge is 2.20. The maximum atomic E-state index is 11.7. The monoisotopic (exact) mass is 212 g/mol. The Labute approximate surface area is 91.1 Å². The highest BCUT2D eigenvalue weighted by Crippen LogP contribution is 2.10. The molecule has 2 N–H and O–H groups in total. The molecule has 86 valence electrons. The van der Waals surface area contributed by atoms with Crippen LogP contribution in [0.2, 0.25) is 0 Å². The lowest BCUT2D eigenvalue weighted by Gasteiger charge is -2.25. The van der Waals surface area contributed by atoms with Crippen molar-refractivity contribution in [2.45, 2.75) is 26.4 Å². The molecule has 0 aliphatic carbocycles. The van der Waals surface area contributed by atoms with E-state index in [-0.39, 0.29) is 11.5 Å². The van der Waals surface area contributed by atoms with Crippen LogP contribution in [0.5, 0.6) is 0 Å². The molecule has 1 rings (SSSR count). The first-order valence-electron chi connectivity index (χ1n) is 5.19. The topological polar surface area (TPSA) is 50.4 Å². The van der Waals surface area contributed by atoms with Gasteiger partial charge in [0.15, 0.2) is 0 Å². The number of amides is 1. The van der Waals surface area contributed by atoms with E-state index in [4.69, 9.17) is 4.74 Å². The summed E-state index contributed by atoms with van der Waals surface area (Å²) in [4.78, 5) is 11.7. The van der Waals surface area contributed by atoms with E-state index >= 15 is 0 Å². The molecule has 1 fully saturated rings. The molecule has 4 heteroatoms. The molecule has 0 aromatic rings. The predicted molar refractivity (Wildman–Crippen MR) is 59.7 cm³/mol. The Kier molecular flexibility index (Phi) is 3.88. The van der Waals surface area contributed by atoms with Crippen LogP contribution in [0.15, 0.2) is 11.1 Å². The lowest BCUT2D eigenvalue weighted by molar-refractivity contribution is -0.118. The quantitative estimate of drug-likeness (QED) is 0.665. The number of rotatable bonds is 4. The minimum absolute atomic E-state index is 0.0108. The first kappa shape index (κ1) is 12.2. The summed E-state index contributed by atoms with van der Waals surface area (Å²) in [6.07, 6.45) is 0. The van der Waals surface area contributed by atoms with Gasteiger partial charge in [-0.2, -0.15) is 0 Å². The highest BCUT2D eigenvalue weighted by molar-refractivity contribution is 5.94. The number of carbonyl (C=O) groups is 1. The van der Waals surface area contributed by atoms with Crippen LogP contribution in [-0.2, 0) is 9.53 Å². The Hall–Kier alpha value is -0.870. The smallest absolute Gasteiger partial charge is 0.247 e. The van der Waals surface area contributed by atoms with Crippen molar-refractivity contribution in [3.05, 3.63) is 11.1 Å². The van der Waals surface area contributed by atoms with Crippen LogP contribution in [0.3, 0.4) is 0 Å². The molecular formula is C11H20N2O2. The first-order valence-corrected chi connectivity index (χ1v) is 5.19. The van der Waals surface area contributed by atoms with Crippen LogP contribution in [0.1, 0.15) is 20.8 Å². The van der Waals surface area contributed by atoms with E-state index in [1.54, 1.807) is 7.11 Å². The second-order valence-corrected chi connectivity index (χ2v) is 4.48. The zero-order valence-corrected chi connectivity index (χ0v) is 9.94. The molecule has 0 bridgehead atoms. The molecular weight excluding hydrogens is 192 g/mol. The van der Waals surface area contributed by atoms with E-state index in [1.807, 2.05) is 20.8 Å². The molecule has 15 heavy (non-hydrogen) atoms. The van der Waals surface area contributed by atoms with Crippen molar-refractivity contribution in [3.8, 4) is 0 Å². The van der Waals surface area contributed by atoms with Gasteiger partial charge in [0, 0.05) is 32.3 Å². The zero-order valence-electron chi connectivity index (χ0n) is 9.94. The SMILES string of the molecule is COC(C)(C)CNC(=O)C(C)=C1CNC1. The first-order chi connectivity index (χ1) is 6.96. The minimum Gasteiger partial charge on any atom is -0.377 e. The number of nitrogens with one attached hydrogen (secondary N) is 2. The van der Waals surface area contributed by atoms with Gasteiger partial charge in [0.2, 0.25) is 5.91 Å². The normalized spacial score (nSPS) is 15.9.